The largest absolute Gasteiger partial charge is 0.490 e. The fourth-order valence-corrected chi connectivity index (χ4v) is 2.61. The topological polar surface area (TPSA) is 106 Å². The van der Waals surface area contributed by atoms with Gasteiger partial charge in [-0.05, 0) is 25.5 Å². The predicted molar refractivity (Wildman–Crippen MR) is 94.4 cm³/mol. The van der Waals surface area contributed by atoms with Crippen LogP contribution in [0.2, 0.25) is 0 Å². The number of aromatic nitrogens is 3. The number of carbonyl (C=O) groups is 2. The van der Waals surface area contributed by atoms with E-state index < -0.39 is 12.1 Å². The Balaban J connectivity index is 0.000000370. The molecular weight excluding hydrogens is 393 g/mol. The molecule has 0 saturated heterocycles. The molecule has 0 bridgehead atoms. The highest BCUT2D eigenvalue weighted by Crippen LogP contribution is 2.22. The summed E-state index contributed by atoms with van der Waals surface area (Å²) in [6.45, 7) is 3.75. The number of carboxylic acid groups (broad SMARTS) is 1. The van der Waals surface area contributed by atoms with E-state index >= 15 is 0 Å². The van der Waals surface area contributed by atoms with E-state index in [1.807, 2.05) is 17.9 Å². The lowest BCUT2D eigenvalue weighted by Crippen LogP contribution is -2.33. The van der Waals surface area contributed by atoms with E-state index in [4.69, 9.17) is 14.6 Å². The number of pyridine rings is 1. The van der Waals surface area contributed by atoms with Gasteiger partial charge in [-0.3, -0.25) is 9.78 Å². The molecule has 0 fully saturated rings. The second-order valence-corrected chi connectivity index (χ2v) is 5.85. The van der Waals surface area contributed by atoms with Gasteiger partial charge in [0.05, 0.1) is 12.3 Å². The molecule has 1 aliphatic heterocycles. The maximum absolute atomic E-state index is 12.5. The fraction of sp³-hybridized carbons (Fsp3) is 0.389. The van der Waals surface area contributed by atoms with Crippen molar-refractivity contribution in [3.05, 3.63) is 47.7 Å². The molecule has 8 nitrogen and oxygen atoms in total. The monoisotopic (exact) mass is 412 g/mol. The lowest BCUT2D eigenvalue weighted by molar-refractivity contribution is -0.192. The number of aliphatic carboxylic acids is 1. The maximum Gasteiger partial charge on any atom is 0.490 e. The SMILES string of the molecule is CCOc1ncnc2c1CCN(C(=O)c1ccccn1)CC2.O=C(O)C(F)(F)F. The van der Waals surface area contributed by atoms with Gasteiger partial charge in [-0.1, -0.05) is 6.07 Å². The Morgan fingerprint density at radius 2 is 1.86 bits per heavy atom. The minimum Gasteiger partial charge on any atom is -0.478 e. The number of carboxylic acids is 1. The van der Waals surface area contributed by atoms with Gasteiger partial charge in [0.2, 0.25) is 5.88 Å². The number of ether oxygens (including phenoxy) is 1. The predicted octanol–water partition coefficient (Wildman–Crippen LogP) is 2.14. The second kappa shape index (κ2) is 9.80. The third-order valence-corrected chi connectivity index (χ3v) is 3.94. The Hall–Kier alpha value is -3.24. The van der Waals surface area contributed by atoms with Crippen LogP contribution in [0.3, 0.4) is 0 Å². The van der Waals surface area contributed by atoms with E-state index in [-0.39, 0.29) is 5.91 Å². The molecule has 1 amide bonds. The third kappa shape index (κ3) is 6.13. The summed E-state index contributed by atoms with van der Waals surface area (Å²) < 4.78 is 37.3. The molecule has 2 aromatic heterocycles. The van der Waals surface area contributed by atoms with Crippen LogP contribution in [0.1, 0.15) is 28.7 Å². The molecule has 0 radical (unpaired) electrons. The molecule has 1 N–H and O–H groups in total. The van der Waals surface area contributed by atoms with Crippen LogP contribution in [0.25, 0.3) is 0 Å². The molecule has 29 heavy (non-hydrogen) atoms. The summed E-state index contributed by atoms with van der Waals surface area (Å²) >= 11 is 0. The van der Waals surface area contributed by atoms with Crippen LogP contribution in [0, 0.1) is 0 Å². The zero-order chi connectivity index (χ0) is 21.4. The lowest BCUT2D eigenvalue weighted by Gasteiger charge is -2.19. The van der Waals surface area contributed by atoms with Crippen molar-refractivity contribution >= 4 is 11.9 Å². The van der Waals surface area contributed by atoms with Crippen LogP contribution >= 0.6 is 0 Å². The maximum atomic E-state index is 12.5. The Morgan fingerprint density at radius 3 is 2.45 bits per heavy atom. The van der Waals surface area contributed by atoms with E-state index in [1.54, 1.807) is 18.3 Å². The van der Waals surface area contributed by atoms with Gasteiger partial charge in [-0.2, -0.15) is 13.2 Å². The number of amides is 1. The normalized spacial score (nSPS) is 13.4. The molecule has 0 unspecified atom stereocenters. The number of nitrogens with zero attached hydrogens (tertiary/aromatic N) is 4. The first-order valence-corrected chi connectivity index (χ1v) is 8.70. The van der Waals surface area contributed by atoms with E-state index in [0.717, 1.165) is 11.3 Å². The Kier molecular flexibility index (Phi) is 7.46. The van der Waals surface area contributed by atoms with Crippen LogP contribution < -0.4 is 4.74 Å². The molecule has 0 aliphatic carbocycles. The molecule has 0 aromatic carbocycles. The Morgan fingerprint density at radius 1 is 1.17 bits per heavy atom. The van der Waals surface area contributed by atoms with Gasteiger partial charge in [0.25, 0.3) is 5.91 Å². The van der Waals surface area contributed by atoms with Crippen molar-refractivity contribution in [1.82, 2.24) is 19.9 Å². The summed E-state index contributed by atoms with van der Waals surface area (Å²) in [5.74, 6) is -2.16. The molecule has 156 valence electrons. The van der Waals surface area contributed by atoms with E-state index in [9.17, 15) is 18.0 Å². The van der Waals surface area contributed by atoms with Crippen LogP contribution in [0.5, 0.6) is 5.88 Å². The molecule has 3 heterocycles. The van der Waals surface area contributed by atoms with Crippen molar-refractivity contribution in [3.8, 4) is 5.88 Å². The van der Waals surface area contributed by atoms with E-state index in [1.165, 1.54) is 6.33 Å². The molecule has 0 atom stereocenters. The minimum atomic E-state index is -5.08. The van der Waals surface area contributed by atoms with E-state index in [0.29, 0.717) is 44.1 Å². The van der Waals surface area contributed by atoms with Crippen molar-refractivity contribution < 1.29 is 32.6 Å². The number of hydrogen-bond donors (Lipinski definition) is 1. The highest BCUT2D eigenvalue weighted by atomic mass is 19.4. The number of halogens is 3. The van der Waals surface area contributed by atoms with Gasteiger partial charge in [0.1, 0.15) is 12.0 Å². The summed E-state index contributed by atoms with van der Waals surface area (Å²) in [5.41, 5.74) is 2.46. The standard InChI is InChI=1S/C16H18N4O2.C2HF3O2/c1-2-22-15-12-6-9-20(10-7-13(12)18-11-19-15)16(21)14-5-3-4-8-17-14;3-2(4,5)1(6)7/h3-5,8,11H,2,6-7,9-10H2,1H3;(H,6,7). The van der Waals surface area contributed by atoms with Gasteiger partial charge in [-0.15, -0.1) is 0 Å². The average Bonchev–Trinajstić information content (AvgIpc) is 2.91. The molecule has 0 spiro atoms. The van der Waals surface area contributed by atoms with Gasteiger partial charge in [0, 0.05) is 31.3 Å². The molecule has 3 rings (SSSR count). The lowest BCUT2D eigenvalue weighted by atomic mass is 10.1. The summed E-state index contributed by atoms with van der Waals surface area (Å²) in [7, 11) is 0. The average molecular weight is 412 g/mol. The smallest absolute Gasteiger partial charge is 0.478 e. The fourth-order valence-electron chi connectivity index (χ4n) is 2.61. The molecule has 0 saturated carbocycles. The number of hydrogen-bond acceptors (Lipinski definition) is 6. The van der Waals surface area contributed by atoms with Crippen LogP contribution in [-0.4, -0.2) is 62.7 Å². The van der Waals surface area contributed by atoms with Crippen LogP contribution in [0.4, 0.5) is 13.2 Å². The first-order chi connectivity index (χ1) is 13.7. The number of alkyl halides is 3. The van der Waals surface area contributed by atoms with Gasteiger partial charge >= 0.3 is 12.1 Å². The first kappa shape index (κ1) is 22.1. The molecule has 1 aliphatic rings. The van der Waals surface area contributed by atoms with Gasteiger partial charge in [0.15, 0.2) is 0 Å². The van der Waals surface area contributed by atoms with Crippen molar-refractivity contribution in [2.45, 2.75) is 25.9 Å². The van der Waals surface area contributed by atoms with Crippen LogP contribution in [-0.2, 0) is 17.6 Å². The van der Waals surface area contributed by atoms with E-state index in [2.05, 4.69) is 15.0 Å². The number of fused-ring (bicyclic) bond motifs is 1. The zero-order valence-corrected chi connectivity index (χ0v) is 15.5. The highest BCUT2D eigenvalue weighted by molar-refractivity contribution is 5.92. The first-order valence-electron chi connectivity index (χ1n) is 8.70. The van der Waals surface area contributed by atoms with Crippen molar-refractivity contribution in [2.24, 2.45) is 0 Å². The van der Waals surface area contributed by atoms with Crippen molar-refractivity contribution in [3.63, 3.8) is 0 Å². The highest BCUT2D eigenvalue weighted by Gasteiger charge is 2.38. The molecule has 2 aromatic rings. The van der Waals surface area contributed by atoms with Gasteiger partial charge < -0.3 is 14.7 Å². The number of carbonyl (C=O) groups excluding carboxylic acids is 1. The summed E-state index contributed by atoms with van der Waals surface area (Å²) in [4.78, 5) is 35.9. The van der Waals surface area contributed by atoms with Gasteiger partial charge in [-0.25, -0.2) is 14.8 Å². The summed E-state index contributed by atoms with van der Waals surface area (Å²) in [5, 5.41) is 7.12. The molecule has 11 heteroatoms. The second-order valence-electron chi connectivity index (χ2n) is 5.85. The zero-order valence-electron chi connectivity index (χ0n) is 15.5. The van der Waals surface area contributed by atoms with Crippen molar-refractivity contribution in [1.29, 1.82) is 0 Å². The number of rotatable bonds is 3. The van der Waals surface area contributed by atoms with Crippen LogP contribution in [0.15, 0.2) is 30.7 Å². The Labute approximate surface area is 164 Å². The minimum absolute atomic E-state index is 0.0423. The summed E-state index contributed by atoms with van der Waals surface area (Å²) in [6.07, 6.45) is -0.515. The third-order valence-electron chi connectivity index (χ3n) is 3.94. The molecular formula is C18H19F3N4O4. The van der Waals surface area contributed by atoms with Crippen molar-refractivity contribution in [2.75, 3.05) is 19.7 Å². The Bertz CT molecular complexity index is 847. The summed E-state index contributed by atoms with van der Waals surface area (Å²) in [6, 6.07) is 5.37. The quantitative estimate of drug-likeness (QED) is 0.823.